The zero-order chi connectivity index (χ0) is 30.0. The summed E-state index contributed by atoms with van der Waals surface area (Å²) in [7, 11) is -1.96. The second-order valence-corrected chi connectivity index (χ2v) is 14.4. The summed E-state index contributed by atoms with van der Waals surface area (Å²) in [6.07, 6.45) is -3.72. The van der Waals surface area contributed by atoms with Crippen LogP contribution in [-0.4, -0.2) is 104 Å². The van der Waals surface area contributed by atoms with Crippen molar-refractivity contribution < 1.29 is 42.7 Å². The predicted molar refractivity (Wildman–Crippen MR) is 153 cm³/mol. The first-order valence-electron chi connectivity index (χ1n) is 12.6. The number of nitrogens with two attached hydrogens (primary N) is 2. The van der Waals surface area contributed by atoms with E-state index in [4.69, 9.17) is 50.8 Å². The van der Waals surface area contributed by atoms with E-state index >= 15 is 0 Å². The molecule has 0 radical (unpaired) electrons. The second-order valence-electron chi connectivity index (χ2n) is 9.72. The van der Waals surface area contributed by atoms with Gasteiger partial charge in [-0.1, -0.05) is 12.2 Å². The first kappa shape index (κ1) is 29.5. The van der Waals surface area contributed by atoms with Gasteiger partial charge in [0.15, 0.2) is 35.4 Å². The summed E-state index contributed by atoms with van der Waals surface area (Å²) in [4.78, 5) is 35.8. The van der Waals surface area contributed by atoms with E-state index in [9.17, 15) is 15.1 Å². The normalized spacial score (nSPS) is 37.2. The molecule has 3 aliphatic rings. The van der Waals surface area contributed by atoms with Gasteiger partial charge >= 0.3 is 6.72 Å². The van der Waals surface area contributed by atoms with Crippen LogP contribution in [0.2, 0.25) is 0 Å². The lowest BCUT2D eigenvalue weighted by Crippen LogP contribution is -2.35. The van der Waals surface area contributed by atoms with Crippen LogP contribution in [0.1, 0.15) is 12.5 Å². The molecule has 0 saturated carbocycles. The van der Waals surface area contributed by atoms with Crippen LogP contribution in [0.4, 0.5) is 11.6 Å². The highest BCUT2D eigenvalue weighted by Crippen LogP contribution is 2.53. The van der Waals surface area contributed by atoms with Crippen LogP contribution in [-0.2, 0) is 39.4 Å². The summed E-state index contributed by atoms with van der Waals surface area (Å²) in [5.41, 5.74) is 13.1. The highest BCUT2D eigenvalue weighted by Gasteiger charge is 2.51. The van der Waals surface area contributed by atoms with Crippen molar-refractivity contribution >= 4 is 72.3 Å². The standard InChI is InChI=1S/C20H24N10O9P2S2/c21-15-9-17(25-3-23-15)29(5-27-9)19-12(32)13-8(37-19)2-35-41(33,43)39-14-11(31)7(1-34-40(42)38-13)36-20(14)30-6-28-10-16(22)24-4-26-18(10)30/h3-8,11-14,19-20,31-32,42H,1-2H2,(H,33,43)(H2,21,23,25)(H2,22,24,26). The monoisotopic (exact) mass is 674 g/mol. The number of nitrogen functional groups attached to an aromatic ring is 2. The fourth-order valence-electron chi connectivity index (χ4n) is 5.14. The molecule has 0 aliphatic carbocycles. The van der Waals surface area contributed by atoms with Gasteiger partial charge in [0.1, 0.15) is 60.3 Å². The highest BCUT2D eigenvalue weighted by atomic mass is 32.7. The fourth-order valence-corrected chi connectivity index (χ4v) is 7.89. The van der Waals surface area contributed by atoms with Gasteiger partial charge in [-0.25, -0.2) is 29.9 Å². The SMILES string of the molecule is Nc1ncnc2c1ncn2C1OC2COP(O)(=S)OC3C(O)C(COP(S)OC2C1O)OC3n1cnc2c(N)ncnc21. The number of aliphatic hydroxyl groups is 2. The zero-order valence-corrected chi connectivity index (χ0v) is 25.1. The first-order valence-corrected chi connectivity index (χ1v) is 17.5. The molecule has 3 saturated heterocycles. The number of anilines is 2. The minimum absolute atomic E-state index is 0.140. The zero-order valence-electron chi connectivity index (χ0n) is 21.6. The molecule has 7 rings (SSSR count). The van der Waals surface area contributed by atoms with E-state index in [1.807, 2.05) is 0 Å². The lowest BCUT2D eigenvalue weighted by atomic mass is 10.1. The van der Waals surface area contributed by atoms with E-state index < -0.39 is 63.4 Å². The van der Waals surface area contributed by atoms with Gasteiger partial charge in [0, 0.05) is 0 Å². The van der Waals surface area contributed by atoms with Crippen LogP contribution in [0.25, 0.3) is 22.3 Å². The van der Waals surface area contributed by atoms with Crippen LogP contribution in [0.15, 0.2) is 25.3 Å². The van der Waals surface area contributed by atoms with E-state index in [0.29, 0.717) is 22.3 Å². The molecule has 0 amide bonds. The molecule has 23 heteroatoms. The van der Waals surface area contributed by atoms with Crippen LogP contribution in [0, 0.1) is 0 Å². The summed E-state index contributed by atoms with van der Waals surface area (Å²) >= 11 is 9.74. The number of aromatic nitrogens is 8. The van der Waals surface area contributed by atoms with Crippen molar-refractivity contribution in [1.29, 1.82) is 0 Å². The van der Waals surface area contributed by atoms with Gasteiger partial charge in [0.2, 0.25) is 7.58 Å². The maximum absolute atomic E-state index is 11.3. The van der Waals surface area contributed by atoms with Crippen molar-refractivity contribution in [1.82, 2.24) is 39.0 Å². The van der Waals surface area contributed by atoms with E-state index in [-0.39, 0.29) is 24.8 Å². The molecule has 3 fully saturated rings. The first-order chi connectivity index (χ1) is 20.6. The number of thiol groups is 1. The Hall–Kier alpha value is -2.23. The molecule has 4 aromatic heterocycles. The van der Waals surface area contributed by atoms with E-state index in [1.54, 1.807) is 0 Å². The van der Waals surface area contributed by atoms with E-state index in [0.717, 1.165) is 0 Å². The average Bonchev–Trinajstić information content (AvgIpc) is 3.73. The molecule has 0 aromatic carbocycles. The summed E-state index contributed by atoms with van der Waals surface area (Å²) in [6, 6.07) is 0. The topological polar surface area (TPSA) is 255 Å². The van der Waals surface area contributed by atoms with Crippen molar-refractivity contribution in [2.75, 3.05) is 24.7 Å². The number of rotatable bonds is 2. The molecular weight excluding hydrogens is 650 g/mol. The molecule has 10 atom stereocenters. The highest BCUT2D eigenvalue weighted by molar-refractivity contribution is 8.41. The maximum atomic E-state index is 11.3. The van der Waals surface area contributed by atoms with Crippen LogP contribution in [0.5, 0.6) is 0 Å². The van der Waals surface area contributed by atoms with E-state index in [1.165, 1.54) is 34.4 Å². The fraction of sp³-hybridized carbons (Fsp3) is 0.500. The van der Waals surface area contributed by atoms with Gasteiger partial charge < -0.3 is 49.6 Å². The van der Waals surface area contributed by atoms with Crippen molar-refractivity contribution in [2.45, 2.75) is 49.1 Å². The summed E-state index contributed by atoms with van der Waals surface area (Å²) in [5.74, 6) is 0.294. The van der Waals surface area contributed by atoms with Crippen molar-refractivity contribution in [3.63, 3.8) is 0 Å². The van der Waals surface area contributed by atoms with Gasteiger partial charge in [0.05, 0.1) is 25.9 Å². The van der Waals surface area contributed by atoms with Crippen LogP contribution >= 0.6 is 26.5 Å². The van der Waals surface area contributed by atoms with Gasteiger partial charge in [-0.2, -0.15) is 0 Å². The number of ether oxygens (including phenoxy) is 2. The summed E-state index contributed by atoms with van der Waals surface area (Å²) < 4.78 is 38.4. The number of fused-ring (bicyclic) bond motifs is 5. The molecule has 4 aromatic rings. The number of imidazole rings is 2. The Morgan fingerprint density at radius 2 is 1.47 bits per heavy atom. The Morgan fingerprint density at radius 3 is 2.12 bits per heavy atom. The number of hydrogen-bond acceptors (Lipinski definition) is 18. The second kappa shape index (κ2) is 11.3. The molecule has 7 heterocycles. The third kappa shape index (κ3) is 5.27. The molecule has 0 spiro atoms. The molecule has 230 valence electrons. The van der Waals surface area contributed by atoms with Crippen LogP contribution < -0.4 is 11.5 Å². The molecular formula is C20H24N10O9P2S2. The summed E-state index contributed by atoms with van der Waals surface area (Å²) in [5, 5.41) is 22.4. The maximum Gasteiger partial charge on any atom is 0.325 e. The molecule has 3 aliphatic heterocycles. The number of aliphatic hydroxyl groups excluding tert-OH is 2. The van der Waals surface area contributed by atoms with Gasteiger partial charge in [-0.15, -0.1) is 0 Å². The molecule has 7 N–H and O–H groups in total. The average molecular weight is 675 g/mol. The minimum atomic E-state index is -4.08. The Bertz CT molecular complexity index is 1720. The van der Waals surface area contributed by atoms with E-state index in [2.05, 4.69) is 42.2 Å². The summed E-state index contributed by atoms with van der Waals surface area (Å²) in [6.45, 7) is -4.66. The largest absolute Gasteiger partial charge is 0.387 e. The third-order valence-corrected chi connectivity index (χ3v) is 10.1. The smallest absolute Gasteiger partial charge is 0.325 e. The Morgan fingerprint density at radius 1 is 0.860 bits per heavy atom. The molecule has 2 bridgehead atoms. The van der Waals surface area contributed by atoms with Crippen LogP contribution in [0.3, 0.4) is 0 Å². The molecule has 43 heavy (non-hydrogen) atoms. The molecule has 19 nitrogen and oxygen atoms in total. The molecule has 10 unspecified atom stereocenters. The third-order valence-electron chi connectivity index (χ3n) is 7.16. The van der Waals surface area contributed by atoms with Gasteiger partial charge in [-0.05, 0) is 11.8 Å². The quantitative estimate of drug-likeness (QED) is 0.116. The van der Waals surface area contributed by atoms with Gasteiger partial charge in [0.25, 0.3) is 0 Å². The Balaban J connectivity index is 1.17. The van der Waals surface area contributed by atoms with Crippen molar-refractivity contribution in [2.24, 2.45) is 0 Å². The Labute approximate surface area is 252 Å². The lowest BCUT2D eigenvalue weighted by molar-refractivity contribution is -0.0581. The number of nitrogens with zero attached hydrogens (tertiary/aromatic N) is 8. The lowest BCUT2D eigenvalue weighted by Gasteiger charge is -2.27. The van der Waals surface area contributed by atoms with Crippen molar-refractivity contribution in [3.05, 3.63) is 25.3 Å². The number of hydrogen-bond donors (Lipinski definition) is 6. The van der Waals surface area contributed by atoms with Crippen molar-refractivity contribution in [3.8, 4) is 0 Å². The van der Waals surface area contributed by atoms with Gasteiger partial charge in [-0.3, -0.25) is 13.7 Å². The predicted octanol–water partition coefficient (Wildman–Crippen LogP) is -0.462. The minimum Gasteiger partial charge on any atom is -0.387 e. The Kier molecular flexibility index (Phi) is 7.74.